The molecular weight excluding hydrogens is 388 g/mol. The van der Waals surface area contributed by atoms with Crippen molar-refractivity contribution in [3.8, 4) is 0 Å². The smallest absolute Gasteiger partial charge is 0.262 e. The van der Waals surface area contributed by atoms with Crippen molar-refractivity contribution in [3.05, 3.63) is 53.3 Å². The molecule has 0 saturated heterocycles. The highest BCUT2D eigenvalue weighted by molar-refractivity contribution is 7.90. The Morgan fingerprint density at radius 1 is 1.11 bits per heavy atom. The highest BCUT2D eigenvalue weighted by Gasteiger charge is 2.18. The van der Waals surface area contributed by atoms with E-state index < -0.39 is 15.9 Å². The molecule has 0 saturated carbocycles. The van der Waals surface area contributed by atoms with Crippen molar-refractivity contribution in [2.45, 2.75) is 30.6 Å². The fourth-order valence-corrected chi connectivity index (χ4v) is 3.97. The molecule has 2 heterocycles. The second-order valence-corrected chi connectivity index (χ2v) is 8.16. The molecule has 0 aliphatic carbocycles. The summed E-state index contributed by atoms with van der Waals surface area (Å²) < 4.78 is 27.8. The van der Waals surface area contributed by atoms with E-state index in [1.54, 1.807) is 12.1 Å². The van der Waals surface area contributed by atoms with Gasteiger partial charge in [-0.25, -0.2) is 13.4 Å². The topological polar surface area (TPSA) is 101 Å². The van der Waals surface area contributed by atoms with Gasteiger partial charge in [-0.2, -0.15) is 0 Å². The van der Waals surface area contributed by atoms with Gasteiger partial charge in [-0.3, -0.25) is 14.5 Å². The Hall–Kier alpha value is -2.45. The number of benzene rings is 1. The predicted molar refractivity (Wildman–Crippen MR) is 105 cm³/mol. The van der Waals surface area contributed by atoms with Gasteiger partial charge in [-0.05, 0) is 43.2 Å². The van der Waals surface area contributed by atoms with Crippen LogP contribution in [-0.2, 0) is 10.0 Å². The minimum Gasteiger partial charge on any atom is -0.322 e. The third-order valence-corrected chi connectivity index (χ3v) is 5.60. The van der Waals surface area contributed by atoms with Crippen molar-refractivity contribution in [2.24, 2.45) is 4.99 Å². The van der Waals surface area contributed by atoms with Crippen molar-refractivity contribution in [1.29, 1.82) is 0 Å². The van der Waals surface area contributed by atoms with E-state index in [-0.39, 0.29) is 10.0 Å². The molecule has 9 heteroatoms. The number of anilines is 1. The molecule has 27 heavy (non-hydrogen) atoms. The van der Waals surface area contributed by atoms with Crippen LogP contribution in [-0.4, -0.2) is 31.7 Å². The molecule has 0 bridgehead atoms. The van der Waals surface area contributed by atoms with Crippen molar-refractivity contribution >= 4 is 39.1 Å². The second-order valence-electron chi connectivity index (χ2n) is 6.09. The van der Waals surface area contributed by atoms with E-state index in [4.69, 9.17) is 11.6 Å². The van der Waals surface area contributed by atoms with Gasteiger partial charge in [-0.1, -0.05) is 24.1 Å². The van der Waals surface area contributed by atoms with Crippen LogP contribution < -0.4 is 10.0 Å². The monoisotopic (exact) mass is 406 g/mol. The molecule has 0 atom stereocenters. The summed E-state index contributed by atoms with van der Waals surface area (Å²) in [4.78, 5) is 20.5. The first-order valence-electron chi connectivity index (χ1n) is 8.53. The van der Waals surface area contributed by atoms with Gasteiger partial charge in [0.05, 0.1) is 4.90 Å². The first-order valence-corrected chi connectivity index (χ1v) is 10.4. The van der Waals surface area contributed by atoms with Gasteiger partial charge < -0.3 is 5.32 Å². The third kappa shape index (κ3) is 5.27. The second kappa shape index (κ2) is 8.49. The Bertz CT molecular complexity index is 976. The molecule has 0 fully saturated rings. The number of amides is 1. The van der Waals surface area contributed by atoms with Crippen LogP contribution in [0, 0.1) is 0 Å². The molecule has 2 aromatic rings. The van der Waals surface area contributed by atoms with Crippen LogP contribution in [0.15, 0.2) is 52.5 Å². The molecule has 1 aromatic heterocycles. The molecule has 142 valence electrons. The van der Waals surface area contributed by atoms with E-state index in [0.29, 0.717) is 30.1 Å². The lowest BCUT2D eigenvalue weighted by Gasteiger charge is -2.11. The highest BCUT2D eigenvalue weighted by atomic mass is 35.5. The van der Waals surface area contributed by atoms with E-state index in [2.05, 4.69) is 20.0 Å². The molecule has 1 amide bonds. The summed E-state index contributed by atoms with van der Waals surface area (Å²) in [7, 11) is -3.77. The Balaban J connectivity index is 1.76. The van der Waals surface area contributed by atoms with Gasteiger partial charge in [0, 0.05) is 30.4 Å². The van der Waals surface area contributed by atoms with Crippen molar-refractivity contribution in [3.63, 3.8) is 0 Å². The third-order valence-electron chi connectivity index (χ3n) is 4.02. The van der Waals surface area contributed by atoms with Crippen LogP contribution in [0.1, 0.15) is 36.0 Å². The number of aliphatic imine (C=N–C) groups is 1. The average Bonchev–Trinajstić information content (AvgIpc) is 2.90. The highest BCUT2D eigenvalue weighted by Crippen LogP contribution is 2.18. The predicted octanol–water partition coefficient (Wildman–Crippen LogP) is 3.24. The average molecular weight is 407 g/mol. The number of sulfonamides is 1. The lowest BCUT2D eigenvalue weighted by atomic mass is 10.2. The standard InChI is InChI=1S/C18H19ClN4O3S/c19-16-11-13(8-10-20-16)18(24)22-14-5-4-6-15(12-14)27(25,26)23-17-7-2-1-3-9-21-17/h4-6,8,10-12H,1-3,7,9H2,(H,21,23)(H,22,24). The quantitative estimate of drug-likeness (QED) is 0.761. The maximum Gasteiger partial charge on any atom is 0.262 e. The molecule has 0 spiro atoms. The van der Waals surface area contributed by atoms with Crippen molar-refractivity contribution < 1.29 is 13.2 Å². The number of pyridine rings is 1. The maximum absolute atomic E-state index is 12.6. The molecule has 7 nitrogen and oxygen atoms in total. The summed E-state index contributed by atoms with van der Waals surface area (Å²) in [6.07, 6.45) is 4.95. The summed E-state index contributed by atoms with van der Waals surface area (Å²) in [6.45, 7) is 0.627. The molecule has 3 rings (SSSR count). The van der Waals surface area contributed by atoms with Gasteiger partial charge in [0.15, 0.2) is 0 Å². The first kappa shape index (κ1) is 19.3. The molecule has 0 unspecified atom stereocenters. The van der Waals surface area contributed by atoms with Crippen LogP contribution in [0.5, 0.6) is 0 Å². The van der Waals surface area contributed by atoms with Crippen LogP contribution in [0.4, 0.5) is 5.69 Å². The lowest BCUT2D eigenvalue weighted by Crippen LogP contribution is -2.30. The summed E-state index contributed by atoms with van der Waals surface area (Å²) in [5, 5.41) is 2.86. The fraction of sp³-hybridized carbons (Fsp3) is 0.278. The largest absolute Gasteiger partial charge is 0.322 e. The number of hydrogen-bond acceptors (Lipinski definition) is 5. The Kier molecular flexibility index (Phi) is 6.08. The first-order chi connectivity index (χ1) is 12.9. The SMILES string of the molecule is O=C(Nc1cccc(S(=O)(=O)NC2=NCCCCC2)c1)c1ccnc(Cl)c1. The van der Waals surface area contributed by atoms with Crippen LogP contribution in [0.2, 0.25) is 5.15 Å². The fourth-order valence-electron chi connectivity index (χ4n) is 2.66. The van der Waals surface area contributed by atoms with Crippen LogP contribution in [0.25, 0.3) is 0 Å². The summed E-state index contributed by atoms with van der Waals surface area (Å²) in [6, 6.07) is 9.01. The zero-order valence-electron chi connectivity index (χ0n) is 14.5. The van der Waals surface area contributed by atoms with Crippen LogP contribution >= 0.6 is 11.6 Å². The molecule has 2 N–H and O–H groups in total. The van der Waals surface area contributed by atoms with Crippen molar-refractivity contribution in [1.82, 2.24) is 9.71 Å². The number of nitrogens with one attached hydrogen (secondary N) is 2. The normalized spacial score (nSPS) is 14.8. The van der Waals surface area contributed by atoms with Crippen molar-refractivity contribution in [2.75, 3.05) is 11.9 Å². The van der Waals surface area contributed by atoms with Gasteiger partial charge in [0.1, 0.15) is 11.0 Å². The number of carbonyl (C=O) groups excluding carboxylic acids is 1. The van der Waals surface area contributed by atoms with Gasteiger partial charge in [0.25, 0.3) is 15.9 Å². The minimum atomic E-state index is -3.77. The number of amidine groups is 1. The number of halogens is 1. The number of nitrogens with zero attached hydrogens (tertiary/aromatic N) is 2. The number of aromatic nitrogens is 1. The van der Waals surface area contributed by atoms with Gasteiger partial charge >= 0.3 is 0 Å². The lowest BCUT2D eigenvalue weighted by molar-refractivity contribution is 0.102. The zero-order valence-corrected chi connectivity index (χ0v) is 16.1. The minimum absolute atomic E-state index is 0.0556. The van der Waals surface area contributed by atoms with E-state index in [1.807, 2.05) is 0 Å². The zero-order chi connectivity index (χ0) is 19.3. The molecular formula is C18H19ClN4O3S. The van der Waals surface area contributed by atoms with Crippen LogP contribution in [0.3, 0.4) is 0 Å². The molecule has 0 radical (unpaired) electrons. The maximum atomic E-state index is 12.6. The Labute approximate surface area is 162 Å². The molecule has 1 aromatic carbocycles. The summed E-state index contributed by atoms with van der Waals surface area (Å²) in [5.74, 6) is 0.0725. The number of rotatable bonds is 4. The van der Waals surface area contributed by atoms with E-state index in [0.717, 1.165) is 19.3 Å². The Morgan fingerprint density at radius 2 is 1.96 bits per heavy atom. The van der Waals surface area contributed by atoms with E-state index in [9.17, 15) is 13.2 Å². The van der Waals surface area contributed by atoms with E-state index >= 15 is 0 Å². The summed E-state index contributed by atoms with van der Waals surface area (Å²) in [5.41, 5.74) is 0.688. The molecule has 1 aliphatic rings. The number of carbonyl (C=O) groups is 1. The van der Waals surface area contributed by atoms with Gasteiger partial charge in [-0.15, -0.1) is 0 Å². The Morgan fingerprint density at radius 3 is 2.78 bits per heavy atom. The van der Waals surface area contributed by atoms with Gasteiger partial charge in [0.2, 0.25) is 0 Å². The summed E-state index contributed by atoms with van der Waals surface area (Å²) >= 11 is 5.79. The number of hydrogen-bond donors (Lipinski definition) is 2. The van der Waals surface area contributed by atoms with E-state index in [1.165, 1.54) is 30.5 Å². The molecule has 1 aliphatic heterocycles.